The van der Waals surface area contributed by atoms with Gasteiger partial charge in [-0.1, -0.05) is 11.6 Å². The van der Waals surface area contributed by atoms with E-state index in [2.05, 4.69) is 21.2 Å². The third kappa shape index (κ3) is 3.29. The number of halogens is 3. The Balaban J connectivity index is 2.28. The average Bonchev–Trinajstić information content (AvgIpc) is 2.42. The molecule has 0 fully saturated rings. The Hall–Kier alpha value is -1.59. The third-order valence-corrected chi connectivity index (χ3v) is 3.52. The lowest BCUT2D eigenvalue weighted by Crippen LogP contribution is -2.13. The molecule has 104 valence electrons. The van der Waals surface area contributed by atoms with Crippen LogP contribution in [0.25, 0.3) is 0 Å². The molecule has 2 rings (SSSR count). The van der Waals surface area contributed by atoms with E-state index in [1.807, 2.05) is 0 Å². The summed E-state index contributed by atoms with van der Waals surface area (Å²) in [5.74, 6) is -0.503. The fourth-order valence-electron chi connectivity index (χ4n) is 1.59. The molecule has 1 amide bonds. The van der Waals surface area contributed by atoms with Crippen LogP contribution >= 0.6 is 27.5 Å². The first-order valence-corrected chi connectivity index (χ1v) is 6.78. The number of nitrogens with one attached hydrogen (secondary N) is 1. The summed E-state index contributed by atoms with van der Waals surface area (Å²) < 4.78 is 19.3. The van der Waals surface area contributed by atoms with Gasteiger partial charge in [0.05, 0.1) is 18.4 Å². The molecule has 6 heteroatoms. The highest BCUT2D eigenvalue weighted by atomic mass is 79.9. The van der Waals surface area contributed by atoms with Crippen LogP contribution in [0.1, 0.15) is 10.4 Å². The van der Waals surface area contributed by atoms with Crippen molar-refractivity contribution in [2.75, 3.05) is 12.4 Å². The molecule has 0 bridgehead atoms. The zero-order valence-electron chi connectivity index (χ0n) is 10.4. The van der Waals surface area contributed by atoms with Gasteiger partial charge in [-0.05, 0) is 52.3 Å². The first-order chi connectivity index (χ1) is 9.51. The van der Waals surface area contributed by atoms with E-state index >= 15 is 0 Å². The number of carbonyl (C=O) groups is 1. The van der Waals surface area contributed by atoms with Crippen LogP contribution in [0, 0.1) is 5.82 Å². The van der Waals surface area contributed by atoms with Gasteiger partial charge in [0.15, 0.2) is 0 Å². The average molecular weight is 359 g/mol. The molecule has 2 aromatic rings. The topological polar surface area (TPSA) is 38.3 Å². The molecule has 0 aliphatic heterocycles. The Kier molecular flexibility index (Phi) is 4.62. The molecule has 0 aliphatic rings. The lowest BCUT2D eigenvalue weighted by atomic mass is 10.2. The van der Waals surface area contributed by atoms with Gasteiger partial charge >= 0.3 is 0 Å². The van der Waals surface area contributed by atoms with Gasteiger partial charge in [0.2, 0.25) is 0 Å². The van der Waals surface area contributed by atoms with E-state index in [1.165, 1.54) is 19.2 Å². The van der Waals surface area contributed by atoms with E-state index in [1.54, 1.807) is 18.2 Å². The number of carbonyl (C=O) groups excluding carboxylic acids is 1. The maximum absolute atomic E-state index is 13.6. The van der Waals surface area contributed by atoms with Crippen molar-refractivity contribution in [3.05, 3.63) is 57.3 Å². The lowest BCUT2D eigenvalue weighted by molar-refractivity contribution is 0.102. The van der Waals surface area contributed by atoms with Crippen LogP contribution in [0.15, 0.2) is 40.9 Å². The largest absolute Gasteiger partial charge is 0.497 e. The molecule has 0 saturated carbocycles. The summed E-state index contributed by atoms with van der Waals surface area (Å²) in [5, 5.41) is 2.75. The van der Waals surface area contributed by atoms with E-state index in [9.17, 15) is 9.18 Å². The number of methoxy groups -OCH3 is 1. The number of ether oxygens (including phenoxy) is 1. The first kappa shape index (κ1) is 14.8. The normalized spacial score (nSPS) is 10.2. The monoisotopic (exact) mass is 357 g/mol. The van der Waals surface area contributed by atoms with Crippen LogP contribution in [0.3, 0.4) is 0 Å². The highest BCUT2D eigenvalue weighted by molar-refractivity contribution is 9.10. The van der Waals surface area contributed by atoms with Crippen molar-refractivity contribution in [3.63, 3.8) is 0 Å². The number of amides is 1. The minimum Gasteiger partial charge on any atom is -0.497 e. The molecule has 20 heavy (non-hydrogen) atoms. The SMILES string of the molecule is COc1ccc(Br)c(C(=O)Nc2ccc(Cl)cc2F)c1. The molecule has 1 N–H and O–H groups in total. The molecule has 0 aromatic heterocycles. The minimum atomic E-state index is -0.593. The van der Waals surface area contributed by atoms with E-state index in [4.69, 9.17) is 16.3 Å². The fraction of sp³-hybridized carbons (Fsp3) is 0.0714. The van der Waals surface area contributed by atoms with Crippen LogP contribution in [0.2, 0.25) is 5.02 Å². The highest BCUT2D eigenvalue weighted by Gasteiger charge is 2.13. The smallest absolute Gasteiger partial charge is 0.257 e. The number of benzene rings is 2. The van der Waals surface area contributed by atoms with Gasteiger partial charge in [-0.3, -0.25) is 4.79 Å². The number of anilines is 1. The van der Waals surface area contributed by atoms with Crippen molar-refractivity contribution in [2.45, 2.75) is 0 Å². The van der Waals surface area contributed by atoms with Crippen molar-refractivity contribution in [1.29, 1.82) is 0 Å². The Labute approximate surface area is 128 Å². The second kappa shape index (κ2) is 6.24. The number of rotatable bonds is 3. The molecular formula is C14H10BrClFNO2. The second-order valence-corrected chi connectivity index (χ2v) is 5.21. The number of hydrogen-bond donors (Lipinski definition) is 1. The van der Waals surface area contributed by atoms with Gasteiger partial charge in [0.25, 0.3) is 5.91 Å². The van der Waals surface area contributed by atoms with E-state index in [0.717, 1.165) is 6.07 Å². The van der Waals surface area contributed by atoms with Crippen LogP contribution in [-0.2, 0) is 0 Å². The Morgan fingerprint density at radius 1 is 1.30 bits per heavy atom. The van der Waals surface area contributed by atoms with Crippen molar-refractivity contribution in [3.8, 4) is 5.75 Å². The van der Waals surface area contributed by atoms with Crippen molar-refractivity contribution < 1.29 is 13.9 Å². The highest BCUT2D eigenvalue weighted by Crippen LogP contribution is 2.25. The van der Waals surface area contributed by atoms with Gasteiger partial charge in [-0.25, -0.2) is 4.39 Å². The predicted octanol–water partition coefficient (Wildman–Crippen LogP) is 4.50. The van der Waals surface area contributed by atoms with Crippen molar-refractivity contribution in [1.82, 2.24) is 0 Å². The summed E-state index contributed by atoms with van der Waals surface area (Å²) in [5.41, 5.74) is 0.410. The quantitative estimate of drug-likeness (QED) is 0.877. The summed E-state index contributed by atoms with van der Waals surface area (Å²) in [6, 6.07) is 9.01. The molecular weight excluding hydrogens is 349 g/mol. The van der Waals surface area contributed by atoms with Crippen LogP contribution < -0.4 is 10.1 Å². The van der Waals surface area contributed by atoms with Gasteiger partial charge in [0.1, 0.15) is 11.6 Å². The Morgan fingerprint density at radius 3 is 2.70 bits per heavy atom. The van der Waals surface area contributed by atoms with Gasteiger partial charge in [-0.2, -0.15) is 0 Å². The third-order valence-electron chi connectivity index (χ3n) is 2.60. The fourth-order valence-corrected chi connectivity index (χ4v) is 2.17. The minimum absolute atomic E-state index is 0.0640. The Bertz CT molecular complexity index is 664. The number of hydrogen-bond acceptors (Lipinski definition) is 2. The predicted molar refractivity (Wildman–Crippen MR) is 80.1 cm³/mol. The molecule has 0 atom stereocenters. The molecule has 0 aliphatic carbocycles. The van der Waals surface area contributed by atoms with Crippen molar-refractivity contribution in [2.24, 2.45) is 0 Å². The molecule has 0 saturated heterocycles. The van der Waals surface area contributed by atoms with E-state index in [-0.39, 0.29) is 10.7 Å². The van der Waals surface area contributed by atoms with E-state index in [0.29, 0.717) is 15.8 Å². The summed E-state index contributed by atoms with van der Waals surface area (Å²) >= 11 is 8.93. The Morgan fingerprint density at radius 2 is 2.05 bits per heavy atom. The van der Waals surface area contributed by atoms with Gasteiger partial charge in [-0.15, -0.1) is 0 Å². The first-order valence-electron chi connectivity index (χ1n) is 5.61. The van der Waals surface area contributed by atoms with Crippen molar-refractivity contribution >= 4 is 39.1 Å². The summed E-state index contributed by atoms with van der Waals surface area (Å²) in [6.45, 7) is 0. The summed E-state index contributed by atoms with van der Waals surface area (Å²) in [7, 11) is 1.50. The van der Waals surface area contributed by atoms with Gasteiger partial charge < -0.3 is 10.1 Å². The molecule has 0 radical (unpaired) electrons. The van der Waals surface area contributed by atoms with Crippen LogP contribution in [-0.4, -0.2) is 13.0 Å². The van der Waals surface area contributed by atoms with Crippen LogP contribution in [0.5, 0.6) is 5.75 Å². The maximum atomic E-state index is 13.6. The molecule has 0 spiro atoms. The van der Waals surface area contributed by atoms with Crippen LogP contribution in [0.4, 0.5) is 10.1 Å². The van der Waals surface area contributed by atoms with E-state index < -0.39 is 11.7 Å². The maximum Gasteiger partial charge on any atom is 0.257 e. The second-order valence-electron chi connectivity index (χ2n) is 3.92. The molecule has 0 heterocycles. The van der Waals surface area contributed by atoms with Gasteiger partial charge in [0, 0.05) is 9.50 Å². The summed E-state index contributed by atoms with van der Waals surface area (Å²) in [6.07, 6.45) is 0. The summed E-state index contributed by atoms with van der Waals surface area (Å²) in [4.78, 5) is 12.1. The zero-order chi connectivity index (χ0) is 14.7. The lowest BCUT2D eigenvalue weighted by Gasteiger charge is -2.09. The zero-order valence-corrected chi connectivity index (χ0v) is 12.8. The standard InChI is InChI=1S/C14H10BrClFNO2/c1-20-9-3-4-11(15)10(7-9)14(19)18-13-5-2-8(16)6-12(13)17/h2-7H,1H3,(H,18,19). The molecule has 0 unspecified atom stereocenters. The molecule has 2 aromatic carbocycles. The molecule has 3 nitrogen and oxygen atoms in total.